The SMILES string of the molecule is Cc1c(-c2ccccn2)c(-c2ccc(Cl)cc2)nn1C. The first-order valence-corrected chi connectivity index (χ1v) is 6.75. The lowest BCUT2D eigenvalue weighted by atomic mass is 10.0. The first-order valence-electron chi connectivity index (χ1n) is 6.38. The summed E-state index contributed by atoms with van der Waals surface area (Å²) < 4.78 is 1.88. The molecule has 0 spiro atoms. The van der Waals surface area contributed by atoms with Crippen molar-refractivity contribution in [2.45, 2.75) is 6.92 Å². The first kappa shape index (κ1) is 12.9. The molecule has 0 aliphatic carbocycles. The van der Waals surface area contributed by atoms with Crippen molar-refractivity contribution in [2.24, 2.45) is 7.05 Å². The quantitative estimate of drug-likeness (QED) is 0.708. The number of hydrogen-bond donors (Lipinski definition) is 0. The lowest BCUT2D eigenvalue weighted by Crippen LogP contribution is -1.93. The van der Waals surface area contributed by atoms with Crippen molar-refractivity contribution in [3.8, 4) is 22.5 Å². The molecule has 4 heteroatoms. The summed E-state index contributed by atoms with van der Waals surface area (Å²) in [6.07, 6.45) is 1.80. The smallest absolute Gasteiger partial charge is 0.102 e. The molecule has 100 valence electrons. The van der Waals surface area contributed by atoms with Crippen LogP contribution in [-0.2, 0) is 7.05 Å². The number of pyridine rings is 1. The summed E-state index contributed by atoms with van der Waals surface area (Å²) >= 11 is 5.95. The number of halogens is 1. The maximum Gasteiger partial charge on any atom is 0.102 e. The van der Waals surface area contributed by atoms with Crippen LogP contribution in [0.2, 0.25) is 5.02 Å². The van der Waals surface area contributed by atoms with E-state index in [1.54, 1.807) is 6.20 Å². The van der Waals surface area contributed by atoms with Crippen LogP contribution in [0, 0.1) is 6.92 Å². The van der Waals surface area contributed by atoms with Gasteiger partial charge in [-0.1, -0.05) is 29.8 Å². The van der Waals surface area contributed by atoms with Crippen molar-refractivity contribution >= 4 is 11.6 Å². The molecule has 0 bridgehead atoms. The maximum atomic E-state index is 5.95. The Hall–Kier alpha value is -2.13. The highest BCUT2D eigenvalue weighted by Crippen LogP contribution is 2.33. The molecule has 1 aromatic carbocycles. The van der Waals surface area contributed by atoms with Crippen molar-refractivity contribution in [2.75, 3.05) is 0 Å². The van der Waals surface area contributed by atoms with Crippen LogP contribution in [0.5, 0.6) is 0 Å². The Kier molecular flexibility index (Phi) is 3.28. The molecule has 2 heterocycles. The molecule has 0 fully saturated rings. The largest absolute Gasteiger partial charge is 0.272 e. The third kappa shape index (κ3) is 2.21. The molecule has 20 heavy (non-hydrogen) atoms. The molecule has 0 amide bonds. The van der Waals surface area contributed by atoms with Crippen LogP contribution in [-0.4, -0.2) is 14.8 Å². The Morgan fingerprint density at radius 2 is 1.80 bits per heavy atom. The highest BCUT2D eigenvalue weighted by atomic mass is 35.5. The van der Waals surface area contributed by atoms with Crippen molar-refractivity contribution in [1.82, 2.24) is 14.8 Å². The van der Waals surface area contributed by atoms with Crippen molar-refractivity contribution in [3.05, 3.63) is 59.4 Å². The fourth-order valence-corrected chi connectivity index (χ4v) is 2.36. The number of benzene rings is 1. The minimum atomic E-state index is 0.723. The van der Waals surface area contributed by atoms with Crippen molar-refractivity contribution in [1.29, 1.82) is 0 Å². The van der Waals surface area contributed by atoms with Crippen molar-refractivity contribution in [3.63, 3.8) is 0 Å². The summed E-state index contributed by atoms with van der Waals surface area (Å²) in [6, 6.07) is 13.6. The fraction of sp³-hybridized carbons (Fsp3) is 0.125. The Bertz CT molecular complexity index is 730. The van der Waals surface area contributed by atoms with Gasteiger partial charge in [-0.2, -0.15) is 5.10 Å². The van der Waals surface area contributed by atoms with E-state index in [4.69, 9.17) is 11.6 Å². The van der Waals surface area contributed by atoms with Crippen LogP contribution in [0.4, 0.5) is 0 Å². The molecule has 0 radical (unpaired) electrons. The van der Waals surface area contributed by atoms with E-state index in [2.05, 4.69) is 17.0 Å². The molecule has 0 atom stereocenters. The second-order valence-corrected chi connectivity index (χ2v) is 5.09. The van der Waals surface area contributed by atoms with E-state index in [1.807, 2.05) is 54.2 Å². The van der Waals surface area contributed by atoms with E-state index in [9.17, 15) is 0 Å². The number of hydrogen-bond acceptors (Lipinski definition) is 2. The van der Waals surface area contributed by atoms with E-state index in [0.717, 1.165) is 33.2 Å². The predicted molar refractivity (Wildman–Crippen MR) is 81.6 cm³/mol. The van der Waals surface area contributed by atoms with Gasteiger partial charge in [0, 0.05) is 35.1 Å². The normalized spacial score (nSPS) is 10.8. The number of aryl methyl sites for hydroxylation is 1. The van der Waals surface area contributed by atoms with Crippen LogP contribution in [0.1, 0.15) is 5.69 Å². The highest BCUT2D eigenvalue weighted by molar-refractivity contribution is 6.30. The van der Waals surface area contributed by atoms with Gasteiger partial charge < -0.3 is 0 Å². The average Bonchev–Trinajstić information content (AvgIpc) is 2.77. The third-order valence-corrected chi connectivity index (χ3v) is 3.62. The molecule has 0 aliphatic heterocycles. The molecule has 0 saturated heterocycles. The lowest BCUT2D eigenvalue weighted by molar-refractivity contribution is 0.743. The number of aromatic nitrogens is 3. The summed E-state index contributed by atoms with van der Waals surface area (Å²) in [5, 5.41) is 5.34. The molecule has 0 N–H and O–H groups in total. The molecule has 3 nitrogen and oxygen atoms in total. The van der Waals surface area contributed by atoms with E-state index >= 15 is 0 Å². The van der Waals surface area contributed by atoms with Crippen LogP contribution in [0.25, 0.3) is 22.5 Å². The highest BCUT2D eigenvalue weighted by Gasteiger charge is 2.17. The van der Waals surface area contributed by atoms with Crippen LogP contribution < -0.4 is 0 Å². The third-order valence-electron chi connectivity index (χ3n) is 3.37. The second kappa shape index (κ2) is 5.10. The summed E-state index contributed by atoms with van der Waals surface area (Å²) in [5.41, 5.74) is 5.06. The van der Waals surface area contributed by atoms with E-state index in [0.29, 0.717) is 0 Å². The van der Waals surface area contributed by atoms with Gasteiger partial charge in [0.2, 0.25) is 0 Å². The molecule has 0 aliphatic rings. The van der Waals surface area contributed by atoms with E-state index < -0.39 is 0 Å². The Balaban J connectivity index is 2.22. The topological polar surface area (TPSA) is 30.7 Å². The summed E-state index contributed by atoms with van der Waals surface area (Å²) in [7, 11) is 1.95. The average molecular weight is 284 g/mol. The molecule has 0 unspecified atom stereocenters. The monoisotopic (exact) mass is 283 g/mol. The van der Waals surface area contributed by atoms with Crippen LogP contribution in [0.3, 0.4) is 0 Å². The fourth-order valence-electron chi connectivity index (χ4n) is 2.24. The van der Waals surface area contributed by atoms with Crippen LogP contribution in [0.15, 0.2) is 48.7 Å². The number of rotatable bonds is 2. The maximum absolute atomic E-state index is 5.95. The lowest BCUT2D eigenvalue weighted by Gasteiger charge is -2.03. The Labute approximate surface area is 122 Å². The summed E-state index contributed by atoms with van der Waals surface area (Å²) in [6.45, 7) is 2.05. The second-order valence-electron chi connectivity index (χ2n) is 4.65. The van der Waals surface area contributed by atoms with Gasteiger partial charge in [0.05, 0.1) is 5.69 Å². The van der Waals surface area contributed by atoms with Gasteiger partial charge in [0.15, 0.2) is 0 Å². The zero-order chi connectivity index (χ0) is 14.1. The standard InChI is InChI=1S/C16H14ClN3/c1-11-15(14-5-3-4-10-18-14)16(19-20(11)2)12-6-8-13(17)9-7-12/h3-10H,1-2H3. The van der Waals surface area contributed by atoms with Gasteiger partial charge in [-0.15, -0.1) is 0 Å². The van der Waals surface area contributed by atoms with Gasteiger partial charge >= 0.3 is 0 Å². The summed E-state index contributed by atoms with van der Waals surface area (Å²) in [5.74, 6) is 0. The number of nitrogens with zero attached hydrogens (tertiary/aromatic N) is 3. The van der Waals surface area contributed by atoms with Gasteiger partial charge in [0.1, 0.15) is 5.69 Å². The van der Waals surface area contributed by atoms with Crippen LogP contribution >= 0.6 is 11.6 Å². The summed E-state index contributed by atoms with van der Waals surface area (Å²) in [4.78, 5) is 4.45. The molecule has 3 aromatic rings. The van der Waals surface area contributed by atoms with Gasteiger partial charge in [-0.3, -0.25) is 9.67 Å². The van der Waals surface area contributed by atoms with Gasteiger partial charge in [0.25, 0.3) is 0 Å². The van der Waals surface area contributed by atoms with E-state index in [1.165, 1.54) is 0 Å². The first-order chi connectivity index (χ1) is 9.66. The van der Waals surface area contributed by atoms with Gasteiger partial charge in [-0.25, -0.2) is 0 Å². The molecule has 2 aromatic heterocycles. The van der Waals surface area contributed by atoms with Crippen molar-refractivity contribution < 1.29 is 0 Å². The minimum Gasteiger partial charge on any atom is -0.272 e. The predicted octanol–water partition coefficient (Wildman–Crippen LogP) is 4.11. The molecule has 3 rings (SSSR count). The zero-order valence-corrected chi connectivity index (χ0v) is 12.1. The molecular weight excluding hydrogens is 270 g/mol. The molecular formula is C16H14ClN3. The Morgan fingerprint density at radius 3 is 2.45 bits per heavy atom. The Morgan fingerprint density at radius 1 is 1.05 bits per heavy atom. The minimum absolute atomic E-state index is 0.723. The van der Waals surface area contributed by atoms with Gasteiger partial charge in [-0.05, 0) is 31.2 Å². The van der Waals surface area contributed by atoms with E-state index in [-0.39, 0.29) is 0 Å². The molecule has 0 saturated carbocycles. The zero-order valence-electron chi connectivity index (χ0n) is 11.3.